The van der Waals surface area contributed by atoms with E-state index in [1.807, 2.05) is 0 Å². The van der Waals surface area contributed by atoms with Gasteiger partial charge in [0.05, 0.1) is 12.6 Å². The fourth-order valence-electron chi connectivity index (χ4n) is 5.18. The first-order valence-corrected chi connectivity index (χ1v) is 13.0. The van der Waals surface area contributed by atoms with Crippen LogP contribution in [0.15, 0.2) is 36.4 Å². The quantitative estimate of drug-likeness (QED) is 0.578. The van der Waals surface area contributed by atoms with Crippen molar-refractivity contribution in [1.82, 2.24) is 9.62 Å². The third-order valence-corrected chi connectivity index (χ3v) is 8.14. The van der Waals surface area contributed by atoms with Crippen LogP contribution in [0.4, 0.5) is 17.6 Å². The monoisotopic (exact) mass is 512 g/mol. The number of halogens is 4. The molecule has 1 N–H and O–H groups in total. The molecule has 2 saturated heterocycles. The molecular formula is C24H24F4N2O4S. The van der Waals surface area contributed by atoms with Crippen molar-refractivity contribution in [2.24, 2.45) is 5.41 Å². The fourth-order valence-corrected chi connectivity index (χ4v) is 6.04. The molecule has 5 rings (SSSR count). The summed E-state index contributed by atoms with van der Waals surface area (Å²) >= 11 is 0. The number of carbonyl (C=O) groups excluding carboxylic acids is 1. The van der Waals surface area contributed by atoms with E-state index in [2.05, 4.69) is 4.72 Å². The standard InChI is InChI=1S/C24H24F4N2O4S/c25-13-35(32,33)29-22-19(30(12-24(22)6-7-24)23(31)20-5-8-34-20)10-14-9-15(26)11-17(21(14)28)16-3-1-2-4-18(16)27/h1-4,9,11,19-20,22,29H,5-8,10,12-13H2/t19-,20?,22+/m0/s1. The van der Waals surface area contributed by atoms with E-state index in [-0.39, 0.29) is 35.6 Å². The minimum Gasteiger partial charge on any atom is -0.368 e. The van der Waals surface area contributed by atoms with E-state index in [1.54, 1.807) is 0 Å². The molecule has 1 aliphatic carbocycles. The molecule has 3 fully saturated rings. The number of rotatable bonds is 7. The number of hydrogen-bond donors (Lipinski definition) is 1. The molecule has 2 aromatic carbocycles. The van der Waals surface area contributed by atoms with Crippen LogP contribution in [-0.2, 0) is 26.0 Å². The average Bonchev–Trinajstić information content (AvgIpc) is 3.50. The van der Waals surface area contributed by atoms with Gasteiger partial charge < -0.3 is 9.64 Å². The summed E-state index contributed by atoms with van der Waals surface area (Å²) in [6, 6.07) is 3.81. The molecule has 3 atom stereocenters. The number of amides is 1. The van der Waals surface area contributed by atoms with Crippen LogP contribution in [0.3, 0.4) is 0 Å². The number of nitrogens with zero attached hydrogens (tertiary/aromatic N) is 1. The Morgan fingerprint density at radius 1 is 1.14 bits per heavy atom. The molecule has 2 aliphatic heterocycles. The van der Waals surface area contributed by atoms with Crippen LogP contribution in [0.1, 0.15) is 24.8 Å². The van der Waals surface area contributed by atoms with E-state index in [4.69, 9.17) is 4.74 Å². The Morgan fingerprint density at radius 3 is 2.46 bits per heavy atom. The summed E-state index contributed by atoms with van der Waals surface area (Å²) in [6.45, 7) is 0.620. The van der Waals surface area contributed by atoms with Gasteiger partial charge in [0.1, 0.15) is 23.6 Å². The van der Waals surface area contributed by atoms with Gasteiger partial charge in [0.25, 0.3) is 5.91 Å². The molecule has 1 amide bonds. The summed E-state index contributed by atoms with van der Waals surface area (Å²) in [5.74, 6) is -2.76. The Balaban J connectivity index is 1.55. The second kappa shape index (κ2) is 8.86. The second-order valence-electron chi connectivity index (χ2n) is 9.47. The number of nitrogens with one attached hydrogen (secondary N) is 1. The predicted octanol–water partition coefficient (Wildman–Crippen LogP) is 3.31. The summed E-state index contributed by atoms with van der Waals surface area (Å²) in [7, 11) is -4.30. The summed E-state index contributed by atoms with van der Waals surface area (Å²) < 4.78 is 89.7. The average molecular weight is 513 g/mol. The zero-order valence-corrected chi connectivity index (χ0v) is 19.5. The number of ether oxygens (including phenoxy) is 1. The lowest BCUT2D eigenvalue weighted by Crippen LogP contribution is -2.53. The Morgan fingerprint density at radius 2 is 1.86 bits per heavy atom. The van der Waals surface area contributed by atoms with Gasteiger partial charge in [-0.1, -0.05) is 18.2 Å². The van der Waals surface area contributed by atoms with Gasteiger partial charge in [-0.15, -0.1) is 0 Å². The predicted molar refractivity (Wildman–Crippen MR) is 119 cm³/mol. The van der Waals surface area contributed by atoms with E-state index in [0.717, 1.165) is 18.2 Å². The van der Waals surface area contributed by atoms with Gasteiger partial charge in [-0.2, -0.15) is 0 Å². The number of hydrogen-bond acceptors (Lipinski definition) is 4. The van der Waals surface area contributed by atoms with Crippen molar-refractivity contribution in [2.75, 3.05) is 19.2 Å². The van der Waals surface area contributed by atoms with Gasteiger partial charge in [-0.3, -0.25) is 4.79 Å². The molecule has 35 heavy (non-hydrogen) atoms. The summed E-state index contributed by atoms with van der Waals surface area (Å²) in [6.07, 6.45) is 0.775. The Bertz CT molecular complexity index is 1260. The Hall–Kier alpha value is -2.50. The minimum absolute atomic E-state index is 0.124. The maximum absolute atomic E-state index is 15.6. The molecular weight excluding hydrogens is 488 g/mol. The summed E-state index contributed by atoms with van der Waals surface area (Å²) in [5, 5.41) is 0. The van der Waals surface area contributed by atoms with E-state index < -0.39 is 57.1 Å². The number of alkyl halides is 1. The van der Waals surface area contributed by atoms with Crippen molar-refractivity contribution >= 4 is 15.9 Å². The highest BCUT2D eigenvalue weighted by atomic mass is 32.2. The fraction of sp³-hybridized carbons (Fsp3) is 0.458. The lowest BCUT2D eigenvalue weighted by molar-refractivity contribution is -0.157. The van der Waals surface area contributed by atoms with Gasteiger partial charge in [-0.25, -0.2) is 30.7 Å². The molecule has 11 heteroatoms. The van der Waals surface area contributed by atoms with Crippen molar-refractivity contribution in [3.05, 3.63) is 59.4 Å². The van der Waals surface area contributed by atoms with Crippen molar-refractivity contribution in [3.8, 4) is 11.1 Å². The van der Waals surface area contributed by atoms with Crippen LogP contribution >= 0.6 is 0 Å². The number of benzene rings is 2. The first-order chi connectivity index (χ1) is 16.6. The van der Waals surface area contributed by atoms with E-state index in [9.17, 15) is 26.4 Å². The first kappa shape index (κ1) is 24.2. The van der Waals surface area contributed by atoms with Crippen molar-refractivity contribution in [3.63, 3.8) is 0 Å². The lowest BCUT2D eigenvalue weighted by atomic mass is 9.91. The Kier molecular flexibility index (Phi) is 6.13. The van der Waals surface area contributed by atoms with E-state index in [1.165, 1.54) is 23.1 Å². The lowest BCUT2D eigenvalue weighted by Gasteiger charge is -2.34. The smallest absolute Gasteiger partial charge is 0.252 e. The van der Waals surface area contributed by atoms with Gasteiger partial charge in [0, 0.05) is 35.5 Å². The largest absolute Gasteiger partial charge is 0.368 e. The summed E-state index contributed by atoms with van der Waals surface area (Å²) in [4.78, 5) is 14.6. The molecule has 1 saturated carbocycles. The molecule has 1 unspecified atom stereocenters. The van der Waals surface area contributed by atoms with Gasteiger partial charge in [0.2, 0.25) is 16.0 Å². The molecule has 2 aromatic rings. The third-order valence-electron chi connectivity index (χ3n) is 7.24. The maximum Gasteiger partial charge on any atom is 0.252 e. The second-order valence-corrected chi connectivity index (χ2v) is 11.2. The van der Waals surface area contributed by atoms with Crippen LogP contribution in [0.5, 0.6) is 0 Å². The number of sulfonamides is 1. The van der Waals surface area contributed by atoms with E-state index in [0.29, 0.717) is 25.9 Å². The van der Waals surface area contributed by atoms with Crippen LogP contribution in [0, 0.1) is 22.9 Å². The zero-order valence-electron chi connectivity index (χ0n) is 18.6. The van der Waals surface area contributed by atoms with Crippen LogP contribution in [0.2, 0.25) is 0 Å². The normalized spacial score (nSPS) is 25.0. The first-order valence-electron chi connectivity index (χ1n) is 11.3. The van der Waals surface area contributed by atoms with Gasteiger partial charge >= 0.3 is 0 Å². The highest BCUT2D eigenvalue weighted by Gasteiger charge is 2.62. The molecule has 0 bridgehead atoms. The highest BCUT2D eigenvalue weighted by molar-refractivity contribution is 7.89. The van der Waals surface area contributed by atoms with Gasteiger partial charge in [0.15, 0.2) is 0 Å². The molecule has 2 heterocycles. The number of likely N-dealkylation sites (tertiary alicyclic amines) is 1. The molecule has 3 aliphatic rings. The van der Waals surface area contributed by atoms with E-state index >= 15 is 4.39 Å². The van der Waals surface area contributed by atoms with Crippen LogP contribution in [0.25, 0.3) is 11.1 Å². The van der Waals surface area contributed by atoms with Crippen molar-refractivity contribution < 1.29 is 35.5 Å². The number of carbonyl (C=O) groups is 1. The molecule has 0 aromatic heterocycles. The topological polar surface area (TPSA) is 75.7 Å². The SMILES string of the molecule is O=C(C1CCO1)N1CC2(CC2)[C@H](NS(=O)(=O)CF)[C@@H]1Cc1cc(F)cc(-c2ccccc2F)c1F. The molecule has 1 spiro atoms. The van der Waals surface area contributed by atoms with Crippen LogP contribution < -0.4 is 4.72 Å². The zero-order chi connectivity index (χ0) is 25.0. The Labute approximate surface area is 200 Å². The highest BCUT2D eigenvalue weighted by Crippen LogP contribution is 2.56. The maximum atomic E-state index is 15.6. The third kappa shape index (κ3) is 4.45. The van der Waals surface area contributed by atoms with Gasteiger partial charge in [-0.05, 0) is 43.0 Å². The van der Waals surface area contributed by atoms with Crippen molar-refractivity contribution in [1.29, 1.82) is 0 Å². The minimum atomic E-state index is -4.30. The molecule has 0 radical (unpaired) electrons. The van der Waals surface area contributed by atoms with Crippen LogP contribution in [-0.4, -0.2) is 56.6 Å². The molecule has 6 nitrogen and oxygen atoms in total. The summed E-state index contributed by atoms with van der Waals surface area (Å²) in [5.41, 5.74) is -1.15. The molecule has 188 valence electrons. The van der Waals surface area contributed by atoms with Crippen molar-refractivity contribution in [2.45, 2.75) is 43.9 Å².